The molecule has 3 N–H and O–H groups in total. The van der Waals surface area contributed by atoms with E-state index in [9.17, 15) is 0 Å². The molecule has 0 spiro atoms. The molecule has 0 atom stereocenters. The third kappa shape index (κ3) is 290. The molecule has 1 radical (unpaired) electrons. The van der Waals surface area contributed by atoms with Crippen molar-refractivity contribution in [1.82, 2.24) is 0 Å². The molecule has 0 aliphatic rings. The van der Waals surface area contributed by atoms with Crippen molar-refractivity contribution in [2.24, 2.45) is 0 Å². The van der Waals surface area contributed by atoms with Crippen LogP contribution in [0.5, 0.6) is 0 Å². The molecular weight excluding hydrogens is 206 g/mol. The zero-order valence-electron chi connectivity index (χ0n) is 4.37. The van der Waals surface area contributed by atoms with E-state index in [2.05, 4.69) is 0 Å². The zero-order chi connectivity index (χ0) is 4.50. The Morgan fingerprint density at radius 3 is 1.11 bits per heavy atom. The second-order valence-corrected chi connectivity index (χ2v) is 1.22. The van der Waals surface area contributed by atoms with Crippen molar-refractivity contribution in [3.05, 3.63) is 0 Å². The molecule has 0 unspecified atom stereocenters. The Balaban J connectivity index is -0.0000000133. The first-order valence-corrected chi connectivity index (χ1v) is 2.00. The van der Waals surface area contributed by atoms with Crippen molar-refractivity contribution in [2.75, 3.05) is 0 Å². The fourth-order valence-electron chi connectivity index (χ4n) is 0. The van der Waals surface area contributed by atoms with Crippen molar-refractivity contribution in [3.8, 4) is 0 Å². The standard InChI is InChI=1S/Mn.Na.H2O4S.2H2O/c;;1-5(2,3)4;;/h;;(H2,1,2,3,4);2*1H2/q+2;+1;;;/p-3. The Morgan fingerprint density at radius 2 is 1.11 bits per heavy atom. The van der Waals surface area contributed by atoms with E-state index in [-0.39, 0.29) is 57.6 Å². The summed E-state index contributed by atoms with van der Waals surface area (Å²) in [5.74, 6) is 0. The monoisotopic (exact) mass is 209 g/mol. The minimum Gasteiger partial charge on any atom is -0.870 e. The van der Waals surface area contributed by atoms with Crippen LogP contribution in [0.25, 0.3) is 0 Å². The van der Waals surface area contributed by atoms with Crippen LogP contribution in [0.3, 0.4) is 0 Å². The summed E-state index contributed by atoms with van der Waals surface area (Å²) in [4.78, 5) is 0. The van der Waals surface area contributed by atoms with Crippen LogP contribution in [0.4, 0.5) is 0 Å². The van der Waals surface area contributed by atoms with E-state index in [1.54, 1.807) is 0 Å². The Kier molecular flexibility index (Phi) is 42.4. The Hall–Kier alpha value is 1.31. The largest absolute Gasteiger partial charge is 2.00 e. The molecule has 0 aromatic rings. The molecule has 0 bridgehead atoms. The Morgan fingerprint density at radius 1 is 1.11 bits per heavy atom. The van der Waals surface area contributed by atoms with Crippen LogP contribution in [0.1, 0.15) is 0 Å². The van der Waals surface area contributed by atoms with Crippen LogP contribution in [0.15, 0.2) is 0 Å². The summed E-state index contributed by atoms with van der Waals surface area (Å²) in [5.41, 5.74) is 0. The quantitative estimate of drug-likeness (QED) is 0.222. The fourth-order valence-corrected chi connectivity index (χ4v) is 0. The predicted octanol–water partition coefficient (Wildman–Crippen LogP) is -5.34. The maximum absolute atomic E-state index is 8.52. The molecule has 0 saturated carbocycles. The average molecular weight is 209 g/mol. The second-order valence-electron chi connectivity index (χ2n) is 0.408. The molecule has 0 rings (SSSR count). The van der Waals surface area contributed by atoms with Gasteiger partial charge in [0.15, 0.2) is 0 Å². The summed E-state index contributed by atoms with van der Waals surface area (Å²) < 4.78 is 34.1. The van der Waals surface area contributed by atoms with Crippen LogP contribution >= 0.6 is 0 Å². The van der Waals surface area contributed by atoms with Gasteiger partial charge in [-0.2, -0.15) is 0 Å². The topological polar surface area (TPSA) is 142 Å². The predicted molar refractivity (Wildman–Crippen MR) is 16.0 cm³/mol. The summed E-state index contributed by atoms with van der Waals surface area (Å²) in [5, 5.41) is 0. The molecule has 0 aliphatic heterocycles. The summed E-state index contributed by atoms with van der Waals surface area (Å²) >= 11 is 0. The molecule has 53 valence electrons. The minimum absolute atomic E-state index is 0. The van der Waals surface area contributed by atoms with Crippen molar-refractivity contribution >= 4 is 10.4 Å². The van der Waals surface area contributed by atoms with Gasteiger partial charge in [-0.15, -0.1) is 0 Å². The molecule has 0 saturated heterocycles. The van der Waals surface area contributed by atoms with E-state index in [4.69, 9.17) is 17.5 Å². The van der Waals surface area contributed by atoms with Crippen molar-refractivity contribution in [1.29, 1.82) is 0 Å². The van der Waals surface area contributed by atoms with Gasteiger partial charge in [-0.05, 0) is 0 Å². The molecule has 6 nitrogen and oxygen atoms in total. The zero-order valence-corrected chi connectivity index (χ0v) is 8.36. The molecule has 0 heterocycles. The number of rotatable bonds is 0. The molecule has 0 aromatic heterocycles. The van der Waals surface area contributed by atoms with Gasteiger partial charge in [0.1, 0.15) is 0 Å². The normalized spacial score (nSPS) is 6.44. The van der Waals surface area contributed by atoms with Gasteiger partial charge in [0.05, 0.1) is 0 Å². The van der Waals surface area contributed by atoms with E-state index in [0.29, 0.717) is 0 Å². The smallest absolute Gasteiger partial charge is 0.870 e. The maximum atomic E-state index is 8.52. The van der Waals surface area contributed by atoms with Crippen LogP contribution in [0.2, 0.25) is 0 Å². The molecule has 0 aromatic carbocycles. The van der Waals surface area contributed by atoms with E-state index < -0.39 is 10.4 Å². The van der Waals surface area contributed by atoms with Gasteiger partial charge in [-0.25, -0.2) is 0 Å². The van der Waals surface area contributed by atoms with E-state index in [1.807, 2.05) is 0 Å². The number of hydrogen-bond donors (Lipinski definition) is 0. The minimum atomic E-state index is -5.17. The van der Waals surface area contributed by atoms with E-state index in [0.717, 1.165) is 0 Å². The van der Waals surface area contributed by atoms with Gasteiger partial charge in [0.25, 0.3) is 0 Å². The summed E-state index contributed by atoms with van der Waals surface area (Å²) in [6, 6.07) is 0. The maximum Gasteiger partial charge on any atom is 2.00 e. The molecule has 9 heteroatoms. The van der Waals surface area contributed by atoms with Crippen molar-refractivity contribution in [2.45, 2.75) is 0 Å². The fraction of sp³-hybridized carbons (Fsp3) is 0. The van der Waals surface area contributed by atoms with Gasteiger partial charge < -0.3 is 20.1 Å². The van der Waals surface area contributed by atoms with E-state index >= 15 is 0 Å². The third-order valence-corrected chi connectivity index (χ3v) is 0. The Bertz CT molecular complexity index is 96.2. The third-order valence-electron chi connectivity index (χ3n) is 0. The first-order chi connectivity index (χ1) is 2.00. The first kappa shape index (κ1) is 31.7. The summed E-state index contributed by atoms with van der Waals surface area (Å²) in [7, 11) is -5.17. The molecule has 0 amide bonds. The number of hydrogen-bond acceptors (Lipinski definition) is 5. The van der Waals surface area contributed by atoms with Crippen LogP contribution in [0, 0.1) is 0 Å². The van der Waals surface area contributed by atoms with Gasteiger partial charge in [0, 0.05) is 10.4 Å². The van der Waals surface area contributed by atoms with E-state index in [1.165, 1.54) is 0 Å². The molecule has 0 fully saturated rings. The Labute approximate surface area is 85.0 Å². The SMILES string of the molecule is O.O=S(=O)([O-])[O-].[Mn+2].[Na+].[OH-]. The van der Waals surface area contributed by atoms with Crippen LogP contribution in [-0.2, 0) is 27.5 Å². The van der Waals surface area contributed by atoms with Gasteiger partial charge in [-0.1, -0.05) is 0 Å². The van der Waals surface area contributed by atoms with Crippen molar-refractivity contribution < 1.29 is 75.1 Å². The first-order valence-electron chi connectivity index (χ1n) is 0.667. The molecule has 0 aliphatic carbocycles. The van der Waals surface area contributed by atoms with Crippen molar-refractivity contribution in [3.63, 3.8) is 0 Å². The van der Waals surface area contributed by atoms with Gasteiger partial charge in [0.2, 0.25) is 0 Å². The second kappa shape index (κ2) is 12.0. The van der Waals surface area contributed by atoms with Crippen LogP contribution < -0.4 is 29.6 Å². The molecular formula is H3MnNaO6S. The summed E-state index contributed by atoms with van der Waals surface area (Å²) in [6.07, 6.45) is 0. The van der Waals surface area contributed by atoms with Crippen LogP contribution in [-0.4, -0.2) is 28.5 Å². The molecule has 9 heavy (non-hydrogen) atoms. The van der Waals surface area contributed by atoms with Gasteiger partial charge >= 0.3 is 46.6 Å². The average Bonchev–Trinajstić information content (AvgIpc) is 0.722. The van der Waals surface area contributed by atoms with Gasteiger partial charge in [-0.3, -0.25) is 8.42 Å². The summed E-state index contributed by atoms with van der Waals surface area (Å²) in [6.45, 7) is 0.